The maximum atomic E-state index is 11.8. The lowest BCUT2D eigenvalue weighted by molar-refractivity contribution is -0.912. The molecule has 0 radical (unpaired) electrons. The van der Waals surface area contributed by atoms with Crippen LogP contribution in [0.15, 0.2) is 30.3 Å². The fraction of sp³-hybridized carbons (Fsp3) is 0.562. The number of carbonyl (C=O) groups is 1. The molecule has 0 saturated carbocycles. The summed E-state index contributed by atoms with van der Waals surface area (Å²) < 4.78 is 5.88. The normalized spacial score (nSPS) is 30.9. The van der Waals surface area contributed by atoms with E-state index >= 15 is 0 Å². The number of nitrogens with one attached hydrogen (secondary N) is 1. The van der Waals surface area contributed by atoms with Gasteiger partial charge in [-0.15, -0.1) is 0 Å². The number of carbonyl (C=O) groups excluding carboxylic acids is 1. The predicted octanol–water partition coefficient (Wildman–Crippen LogP) is 1.53. The first kappa shape index (κ1) is 14.1. The van der Waals surface area contributed by atoms with Crippen LogP contribution >= 0.6 is 0 Å². The largest absolute Gasteiger partial charge is 0.454 e. The lowest BCUT2D eigenvalue weighted by atomic mass is 9.81. The van der Waals surface area contributed by atoms with Gasteiger partial charge in [0.15, 0.2) is 0 Å². The molecule has 0 bridgehead atoms. The maximum Gasteiger partial charge on any atom is 0.306 e. The van der Waals surface area contributed by atoms with Gasteiger partial charge in [-0.2, -0.15) is 0 Å². The van der Waals surface area contributed by atoms with E-state index in [2.05, 4.69) is 26.1 Å². The van der Waals surface area contributed by atoms with Crippen molar-refractivity contribution >= 4 is 5.97 Å². The Balaban J connectivity index is 2.31. The molecule has 19 heavy (non-hydrogen) atoms. The van der Waals surface area contributed by atoms with Gasteiger partial charge < -0.3 is 9.64 Å². The second-order valence-corrected chi connectivity index (χ2v) is 5.64. The molecule has 3 nitrogen and oxygen atoms in total. The van der Waals surface area contributed by atoms with Gasteiger partial charge in [-0.3, -0.25) is 4.79 Å². The van der Waals surface area contributed by atoms with E-state index in [0.29, 0.717) is 12.5 Å². The van der Waals surface area contributed by atoms with Gasteiger partial charge in [0.1, 0.15) is 5.60 Å². The average molecular weight is 262 g/mol. The van der Waals surface area contributed by atoms with Crippen molar-refractivity contribution in [2.24, 2.45) is 0 Å². The number of piperidine rings is 1. The zero-order valence-electron chi connectivity index (χ0n) is 12.1. The molecule has 3 heteroatoms. The van der Waals surface area contributed by atoms with Crippen molar-refractivity contribution in [3.05, 3.63) is 35.9 Å². The molecule has 0 amide bonds. The number of esters is 1. The molecular weight excluding hydrogens is 238 g/mol. The molecule has 1 aliphatic heterocycles. The second-order valence-electron chi connectivity index (χ2n) is 5.64. The fourth-order valence-electron chi connectivity index (χ4n) is 2.86. The van der Waals surface area contributed by atoms with Gasteiger partial charge in [0.05, 0.1) is 19.6 Å². The van der Waals surface area contributed by atoms with Crippen LogP contribution in [0.4, 0.5) is 0 Å². The standard InChI is InChI=1S/C16H23NO2/c1-4-15(18)19-16(14-8-6-5-7-9-14)10-11-17(3)13(2)12-16/h5-9,13H,4,10-12H2,1-3H3/p+1. The van der Waals surface area contributed by atoms with Crippen molar-refractivity contribution in [2.75, 3.05) is 13.6 Å². The average Bonchev–Trinajstić information content (AvgIpc) is 2.44. The summed E-state index contributed by atoms with van der Waals surface area (Å²) in [6.45, 7) is 5.11. The van der Waals surface area contributed by atoms with E-state index in [4.69, 9.17) is 4.74 Å². The summed E-state index contributed by atoms with van der Waals surface area (Å²) in [5.41, 5.74) is 0.712. The Morgan fingerprint density at radius 2 is 2.11 bits per heavy atom. The predicted molar refractivity (Wildman–Crippen MR) is 75.0 cm³/mol. The number of benzene rings is 1. The molecule has 0 aliphatic carbocycles. The Bertz CT molecular complexity index is 432. The van der Waals surface area contributed by atoms with E-state index in [1.807, 2.05) is 25.1 Å². The molecule has 104 valence electrons. The summed E-state index contributed by atoms with van der Waals surface area (Å²) in [4.78, 5) is 13.3. The van der Waals surface area contributed by atoms with Gasteiger partial charge in [0.2, 0.25) is 0 Å². The lowest BCUT2D eigenvalue weighted by Gasteiger charge is -2.41. The van der Waals surface area contributed by atoms with E-state index in [0.717, 1.165) is 24.9 Å². The van der Waals surface area contributed by atoms with Crippen LogP contribution in [0.3, 0.4) is 0 Å². The third kappa shape index (κ3) is 2.98. The van der Waals surface area contributed by atoms with Crippen LogP contribution in [0.1, 0.15) is 38.7 Å². The molecule has 0 aromatic heterocycles. The highest BCUT2D eigenvalue weighted by Gasteiger charge is 2.43. The lowest BCUT2D eigenvalue weighted by Crippen LogP contribution is -3.14. The van der Waals surface area contributed by atoms with Gasteiger partial charge in [0, 0.05) is 19.3 Å². The first-order valence-corrected chi connectivity index (χ1v) is 7.17. The van der Waals surface area contributed by atoms with Crippen molar-refractivity contribution in [1.82, 2.24) is 0 Å². The molecular formula is C16H24NO2+. The zero-order valence-corrected chi connectivity index (χ0v) is 12.1. The van der Waals surface area contributed by atoms with Crippen molar-refractivity contribution in [1.29, 1.82) is 0 Å². The monoisotopic (exact) mass is 262 g/mol. The summed E-state index contributed by atoms with van der Waals surface area (Å²) in [5, 5.41) is 0. The minimum atomic E-state index is -0.423. The molecule has 1 saturated heterocycles. The van der Waals surface area contributed by atoms with Crippen LogP contribution in [-0.2, 0) is 15.1 Å². The van der Waals surface area contributed by atoms with Crippen LogP contribution in [-0.4, -0.2) is 25.6 Å². The van der Waals surface area contributed by atoms with E-state index in [1.54, 1.807) is 0 Å². The molecule has 1 N–H and O–H groups in total. The number of rotatable bonds is 3. The fourth-order valence-corrected chi connectivity index (χ4v) is 2.86. The highest BCUT2D eigenvalue weighted by molar-refractivity contribution is 5.69. The number of hydrogen-bond acceptors (Lipinski definition) is 2. The highest BCUT2D eigenvalue weighted by Crippen LogP contribution is 2.35. The Morgan fingerprint density at radius 1 is 1.42 bits per heavy atom. The third-order valence-electron chi connectivity index (χ3n) is 4.30. The zero-order chi connectivity index (χ0) is 13.9. The van der Waals surface area contributed by atoms with Gasteiger partial charge in [-0.1, -0.05) is 37.3 Å². The molecule has 1 heterocycles. The third-order valence-corrected chi connectivity index (χ3v) is 4.30. The number of hydrogen-bond donors (Lipinski definition) is 1. The molecule has 1 aromatic rings. The van der Waals surface area contributed by atoms with Gasteiger partial charge in [-0.25, -0.2) is 0 Å². The Kier molecular flexibility index (Phi) is 4.25. The second kappa shape index (κ2) is 5.74. The van der Waals surface area contributed by atoms with Crippen LogP contribution in [0.25, 0.3) is 0 Å². The molecule has 1 aliphatic rings. The summed E-state index contributed by atoms with van der Waals surface area (Å²) in [6, 6.07) is 10.7. The van der Waals surface area contributed by atoms with E-state index < -0.39 is 5.60 Å². The quantitative estimate of drug-likeness (QED) is 0.838. The van der Waals surface area contributed by atoms with Gasteiger partial charge in [0.25, 0.3) is 0 Å². The Morgan fingerprint density at radius 3 is 2.68 bits per heavy atom. The maximum absolute atomic E-state index is 11.8. The molecule has 3 atom stereocenters. The molecule has 2 rings (SSSR count). The van der Waals surface area contributed by atoms with Crippen molar-refractivity contribution in [2.45, 2.75) is 44.8 Å². The number of likely N-dealkylation sites (tertiary alicyclic amines) is 1. The van der Waals surface area contributed by atoms with E-state index in [1.165, 1.54) is 4.90 Å². The summed E-state index contributed by atoms with van der Waals surface area (Å²) >= 11 is 0. The minimum absolute atomic E-state index is 0.101. The summed E-state index contributed by atoms with van der Waals surface area (Å²) in [7, 11) is 2.21. The van der Waals surface area contributed by atoms with Crippen molar-refractivity contribution in [3.8, 4) is 0 Å². The number of quaternary nitrogens is 1. The van der Waals surface area contributed by atoms with Crippen LogP contribution < -0.4 is 4.90 Å². The van der Waals surface area contributed by atoms with E-state index in [9.17, 15) is 4.79 Å². The van der Waals surface area contributed by atoms with Gasteiger partial charge >= 0.3 is 5.97 Å². The first-order chi connectivity index (χ1) is 9.07. The summed E-state index contributed by atoms with van der Waals surface area (Å²) in [6.07, 6.45) is 2.24. The van der Waals surface area contributed by atoms with Crippen molar-refractivity contribution in [3.63, 3.8) is 0 Å². The molecule has 1 aromatic carbocycles. The van der Waals surface area contributed by atoms with Gasteiger partial charge in [-0.05, 0) is 12.5 Å². The topological polar surface area (TPSA) is 30.7 Å². The first-order valence-electron chi connectivity index (χ1n) is 7.17. The molecule has 1 fully saturated rings. The number of ether oxygens (including phenoxy) is 1. The van der Waals surface area contributed by atoms with E-state index in [-0.39, 0.29) is 5.97 Å². The van der Waals surface area contributed by atoms with Crippen molar-refractivity contribution < 1.29 is 14.4 Å². The van der Waals surface area contributed by atoms with Crippen LogP contribution in [0.2, 0.25) is 0 Å². The highest BCUT2D eigenvalue weighted by atomic mass is 16.6. The van der Waals surface area contributed by atoms with Crippen LogP contribution in [0.5, 0.6) is 0 Å². The Hall–Kier alpha value is -1.35. The minimum Gasteiger partial charge on any atom is -0.454 e. The molecule has 0 spiro atoms. The SMILES string of the molecule is CCC(=O)OC1(c2ccccc2)CC[NH+](C)C(C)C1. The molecule has 3 unspecified atom stereocenters. The summed E-state index contributed by atoms with van der Waals surface area (Å²) in [5.74, 6) is -0.101. The van der Waals surface area contributed by atoms with Crippen LogP contribution in [0, 0.1) is 0 Å². The smallest absolute Gasteiger partial charge is 0.306 e. The Labute approximate surface area is 115 Å².